The maximum Gasteiger partial charge on any atom is 0.227 e. The van der Waals surface area contributed by atoms with E-state index in [-0.39, 0.29) is 11.8 Å². The molecule has 7 heteroatoms. The number of tetrazole rings is 1. The maximum absolute atomic E-state index is 12.0. The van der Waals surface area contributed by atoms with Crippen LogP contribution < -0.4 is 11.1 Å². The van der Waals surface area contributed by atoms with Crippen molar-refractivity contribution in [3.8, 4) is 5.69 Å². The summed E-state index contributed by atoms with van der Waals surface area (Å²) in [6.07, 6.45) is 3.14. The second kappa shape index (κ2) is 6.76. The zero-order chi connectivity index (χ0) is 14.4. The molecule has 0 radical (unpaired) electrons. The fraction of sp³-hybridized carbons (Fsp3) is 0.385. The number of carbonyl (C=O) groups excluding carboxylic acids is 1. The molecule has 1 aromatic carbocycles. The Hall–Kier alpha value is -2.28. The molecular weight excluding hydrogens is 256 g/mol. The highest BCUT2D eigenvalue weighted by atomic mass is 16.1. The van der Waals surface area contributed by atoms with Gasteiger partial charge in [0.25, 0.3) is 0 Å². The van der Waals surface area contributed by atoms with E-state index in [4.69, 9.17) is 5.73 Å². The highest BCUT2D eigenvalue weighted by Gasteiger charge is 2.12. The van der Waals surface area contributed by atoms with Gasteiger partial charge in [0.05, 0.1) is 5.69 Å². The molecule has 7 nitrogen and oxygen atoms in total. The Morgan fingerprint density at radius 2 is 2.35 bits per heavy atom. The fourth-order valence-corrected chi connectivity index (χ4v) is 1.83. The number of benzene rings is 1. The second-order valence-corrected chi connectivity index (χ2v) is 4.63. The van der Waals surface area contributed by atoms with Crippen LogP contribution >= 0.6 is 0 Å². The van der Waals surface area contributed by atoms with Crippen LogP contribution in [0.1, 0.15) is 19.8 Å². The fourth-order valence-electron chi connectivity index (χ4n) is 1.83. The van der Waals surface area contributed by atoms with Crippen molar-refractivity contribution in [3.63, 3.8) is 0 Å². The highest BCUT2D eigenvalue weighted by molar-refractivity contribution is 5.92. The van der Waals surface area contributed by atoms with Gasteiger partial charge in [0.15, 0.2) is 0 Å². The second-order valence-electron chi connectivity index (χ2n) is 4.63. The molecular formula is C13H18N6O. The van der Waals surface area contributed by atoms with Crippen molar-refractivity contribution in [3.05, 3.63) is 30.6 Å². The summed E-state index contributed by atoms with van der Waals surface area (Å²) in [7, 11) is 0. The number of nitrogens with two attached hydrogens (primary N) is 1. The molecule has 0 aliphatic heterocycles. The number of aromatic nitrogens is 4. The van der Waals surface area contributed by atoms with Crippen LogP contribution in [0.2, 0.25) is 0 Å². The van der Waals surface area contributed by atoms with Crippen molar-refractivity contribution in [2.45, 2.75) is 19.8 Å². The van der Waals surface area contributed by atoms with Crippen LogP contribution in [0.3, 0.4) is 0 Å². The van der Waals surface area contributed by atoms with Crippen molar-refractivity contribution in [2.75, 3.05) is 11.9 Å². The minimum Gasteiger partial charge on any atom is -0.330 e. The standard InChI is InChI=1S/C13H18N6O/c1-10(4-3-7-14)13(20)16-11-5-2-6-12(8-11)19-9-15-17-18-19/h2,5-6,8-10H,3-4,7,14H2,1H3,(H,16,20). The first kappa shape index (κ1) is 14.1. The molecule has 0 aliphatic carbocycles. The van der Waals surface area contributed by atoms with E-state index < -0.39 is 0 Å². The van der Waals surface area contributed by atoms with Gasteiger partial charge in [-0.2, -0.15) is 0 Å². The van der Waals surface area contributed by atoms with Gasteiger partial charge in [-0.05, 0) is 48.0 Å². The number of hydrogen-bond donors (Lipinski definition) is 2. The van der Waals surface area contributed by atoms with Gasteiger partial charge in [0, 0.05) is 11.6 Å². The van der Waals surface area contributed by atoms with Gasteiger partial charge in [0.2, 0.25) is 5.91 Å². The van der Waals surface area contributed by atoms with Crippen LogP contribution in [0.4, 0.5) is 5.69 Å². The van der Waals surface area contributed by atoms with Crippen LogP contribution in [0.5, 0.6) is 0 Å². The van der Waals surface area contributed by atoms with Crippen LogP contribution in [-0.2, 0) is 4.79 Å². The Balaban J connectivity index is 2.03. The molecule has 106 valence electrons. The smallest absolute Gasteiger partial charge is 0.227 e. The number of nitrogens with one attached hydrogen (secondary N) is 1. The van der Waals surface area contributed by atoms with Gasteiger partial charge in [-0.1, -0.05) is 13.0 Å². The molecule has 0 saturated heterocycles. The summed E-state index contributed by atoms with van der Waals surface area (Å²) in [5, 5.41) is 13.9. The minimum absolute atomic E-state index is 0.00712. The van der Waals surface area contributed by atoms with Crippen molar-refractivity contribution in [1.82, 2.24) is 20.2 Å². The molecule has 2 rings (SSSR count). The zero-order valence-electron chi connectivity index (χ0n) is 11.4. The lowest BCUT2D eigenvalue weighted by atomic mass is 10.0. The Labute approximate surface area is 117 Å². The summed E-state index contributed by atoms with van der Waals surface area (Å²) in [5.41, 5.74) is 6.97. The summed E-state index contributed by atoms with van der Waals surface area (Å²) in [5.74, 6) is -0.0671. The van der Waals surface area contributed by atoms with Crippen LogP contribution in [0, 0.1) is 5.92 Å². The topological polar surface area (TPSA) is 98.7 Å². The Morgan fingerprint density at radius 1 is 1.50 bits per heavy atom. The molecule has 1 atom stereocenters. The molecule has 2 aromatic rings. The molecule has 3 N–H and O–H groups in total. The predicted molar refractivity (Wildman–Crippen MR) is 75.2 cm³/mol. The van der Waals surface area contributed by atoms with E-state index >= 15 is 0 Å². The summed E-state index contributed by atoms with van der Waals surface area (Å²) >= 11 is 0. The van der Waals surface area contributed by atoms with Gasteiger partial charge in [0.1, 0.15) is 6.33 Å². The Bertz CT molecular complexity index is 554. The van der Waals surface area contributed by atoms with Gasteiger partial charge >= 0.3 is 0 Å². The van der Waals surface area contributed by atoms with Crippen molar-refractivity contribution < 1.29 is 4.79 Å². The predicted octanol–water partition coefficient (Wildman–Crippen LogP) is 0.976. The lowest BCUT2D eigenvalue weighted by Crippen LogP contribution is -2.21. The van der Waals surface area contributed by atoms with Gasteiger partial charge in [-0.15, -0.1) is 5.10 Å². The average Bonchev–Trinajstić information content (AvgIpc) is 2.99. The highest BCUT2D eigenvalue weighted by Crippen LogP contribution is 2.15. The van der Waals surface area contributed by atoms with Crippen molar-refractivity contribution in [2.24, 2.45) is 11.7 Å². The Morgan fingerprint density at radius 3 is 3.05 bits per heavy atom. The molecule has 1 heterocycles. The van der Waals surface area contributed by atoms with E-state index in [0.29, 0.717) is 6.54 Å². The number of carbonyl (C=O) groups is 1. The number of rotatable bonds is 6. The molecule has 1 aromatic heterocycles. The SMILES string of the molecule is CC(CCCN)C(=O)Nc1cccc(-n2cnnn2)c1. The molecule has 0 fully saturated rings. The summed E-state index contributed by atoms with van der Waals surface area (Å²) < 4.78 is 1.54. The third kappa shape index (κ3) is 3.61. The molecule has 1 unspecified atom stereocenters. The number of nitrogens with zero attached hydrogens (tertiary/aromatic N) is 4. The summed E-state index contributed by atoms with van der Waals surface area (Å²) in [6.45, 7) is 2.50. The van der Waals surface area contributed by atoms with E-state index in [2.05, 4.69) is 20.8 Å². The summed E-state index contributed by atoms with van der Waals surface area (Å²) in [6, 6.07) is 7.37. The van der Waals surface area contributed by atoms with E-state index in [1.807, 2.05) is 31.2 Å². The van der Waals surface area contributed by atoms with Crippen LogP contribution in [0.25, 0.3) is 5.69 Å². The van der Waals surface area contributed by atoms with Gasteiger partial charge < -0.3 is 11.1 Å². The van der Waals surface area contributed by atoms with E-state index in [1.165, 1.54) is 11.0 Å². The normalized spacial score (nSPS) is 12.1. The third-order valence-electron chi connectivity index (χ3n) is 3.02. The van der Waals surface area contributed by atoms with E-state index in [9.17, 15) is 4.79 Å². The number of amides is 1. The lowest BCUT2D eigenvalue weighted by Gasteiger charge is -2.12. The molecule has 0 spiro atoms. The van der Waals surface area contributed by atoms with Gasteiger partial charge in [-0.25, -0.2) is 4.68 Å². The number of anilines is 1. The first-order chi connectivity index (χ1) is 9.70. The lowest BCUT2D eigenvalue weighted by molar-refractivity contribution is -0.119. The van der Waals surface area contributed by atoms with Gasteiger partial charge in [-0.3, -0.25) is 4.79 Å². The Kier molecular flexibility index (Phi) is 4.78. The minimum atomic E-state index is -0.0600. The molecule has 0 bridgehead atoms. The van der Waals surface area contributed by atoms with Crippen LogP contribution in [0.15, 0.2) is 30.6 Å². The largest absolute Gasteiger partial charge is 0.330 e. The van der Waals surface area contributed by atoms with Crippen molar-refractivity contribution in [1.29, 1.82) is 0 Å². The first-order valence-corrected chi connectivity index (χ1v) is 6.55. The molecule has 0 saturated carbocycles. The average molecular weight is 274 g/mol. The van der Waals surface area contributed by atoms with Crippen LogP contribution in [-0.4, -0.2) is 32.7 Å². The molecule has 20 heavy (non-hydrogen) atoms. The summed E-state index contributed by atoms with van der Waals surface area (Å²) in [4.78, 5) is 12.0. The third-order valence-corrected chi connectivity index (χ3v) is 3.02. The van der Waals surface area contributed by atoms with E-state index in [1.54, 1.807) is 0 Å². The van der Waals surface area contributed by atoms with Crippen molar-refractivity contribution >= 4 is 11.6 Å². The molecule has 1 amide bonds. The van der Waals surface area contributed by atoms with E-state index in [0.717, 1.165) is 24.2 Å². The maximum atomic E-state index is 12.0. The quantitative estimate of drug-likeness (QED) is 0.818. The first-order valence-electron chi connectivity index (χ1n) is 6.55. The molecule has 0 aliphatic rings. The zero-order valence-corrected chi connectivity index (χ0v) is 11.4. The monoisotopic (exact) mass is 274 g/mol. The number of hydrogen-bond acceptors (Lipinski definition) is 5.